The van der Waals surface area contributed by atoms with Crippen molar-refractivity contribution in [3.05, 3.63) is 52.0 Å². The van der Waals surface area contributed by atoms with Crippen LogP contribution in [-0.4, -0.2) is 29.1 Å². The van der Waals surface area contributed by atoms with E-state index < -0.39 is 5.97 Å². The van der Waals surface area contributed by atoms with E-state index >= 15 is 0 Å². The van der Waals surface area contributed by atoms with Gasteiger partial charge in [0.1, 0.15) is 0 Å². The fourth-order valence-electron chi connectivity index (χ4n) is 2.34. The van der Waals surface area contributed by atoms with E-state index in [1.807, 2.05) is 29.8 Å². The van der Waals surface area contributed by atoms with Crippen molar-refractivity contribution in [3.63, 3.8) is 0 Å². The third-order valence-corrected chi connectivity index (χ3v) is 4.35. The van der Waals surface area contributed by atoms with E-state index in [9.17, 15) is 9.59 Å². The molecule has 0 bridgehead atoms. The molecular weight excluding hydrogens is 354 g/mol. The summed E-state index contributed by atoms with van der Waals surface area (Å²) in [5, 5.41) is 10.5. The average molecular weight is 371 g/mol. The first kappa shape index (κ1) is 17.8. The minimum atomic E-state index is -0.499. The molecule has 3 rings (SSSR count). The number of benzene rings is 1. The van der Waals surface area contributed by atoms with E-state index in [4.69, 9.17) is 9.26 Å². The molecule has 0 spiro atoms. The average Bonchev–Trinajstić information content (AvgIpc) is 3.32. The van der Waals surface area contributed by atoms with Gasteiger partial charge in [-0.25, -0.2) is 4.79 Å². The zero-order valence-corrected chi connectivity index (χ0v) is 15.1. The highest BCUT2D eigenvalue weighted by Crippen LogP contribution is 2.20. The van der Waals surface area contributed by atoms with Crippen molar-refractivity contribution in [1.29, 1.82) is 0 Å². The Balaban J connectivity index is 1.62. The van der Waals surface area contributed by atoms with Crippen LogP contribution in [0.15, 0.2) is 39.5 Å². The topological polar surface area (TPSA) is 94.3 Å². The van der Waals surface area contributed by atoms with Crippen molar-refractivity contribution < 1.29 is 18.8 Å². The zero-order valence-electron chi connectivity index (χ0n) is 14.3. The number of amides is 1. The lowest BCUT2D eigenvalue weighted by molar-refractivity contribution is -0.116. The molecule has 2 aromatic heterocycles. The minimum Gasteiger partial charge on any atom is -0.465 e. The molecule has 0 unspecified atom stereocenters. The summed E-state index contributed by atoms with van der Waals surface area (Å²) in [7, 11) is 1.30. The first-order chi connectivity index (χ1) is 12.6. The number of anilines is 1. The first-order valence-corrected chi connectivity index (χ1v) is 8.85. The van der Waals surface area contributed by atoms with Crippen LogP contribution in [0.25, 0.3) is 11.4 Å². The van der Waals surface area contributed by atoms with Crippen molar-refractivity contribution in [2.24, 2.45) is 0 Å². The molecule has 3 aromatic rings. The lowest BCUT2D eigenvalue weighted by Gasteiger charge is -2.10. The number of thiophene rings is 1. The number of aryl methyl sites for hydroxylation is 2. The molecule has 0 atom stereocenters. The number of carbonyl (C=O) groups excluding carboxylic acids is 2. The number of esters is 1. The van der Waals surface area contributed by atoms with Gasteiger partial charge in [-0.05, 0) is 30.5 Å². The Hall–Kier alpha value is -3.00. The summed E-state index contributed by atoms with van der Waals surface area (Å²) in [6.45, 7) is 1.86. The maximum atomic E-state index is 12.2. The molecule has 2 heterocycles. The molecule has 0 aliphatic rings. The van der Waals surface area contributed by atoms with Gasteiger partial charge in [-0.2, -0.15) is 16.3 Å². The van der Waals surface area contributed by atoms with Gasteiger partial charge in [0.05, 0.1) is 18.4 Å². The number of carbonyl (C=O) groups is 2. The van der Waals surface area contributed by atoms with Crippen LogP contribution in [0.3, 0.4) is 0 Å². The van der Waals surface area contributed by atoms with Gasteiger partial charge in [0.25, 0.3) is 0 Å². The van der Waals surface area contributed by atoms with E-state index in [2.05, 4.69) is 15.5 Å². The highest BCUT2D eigenvalue weighted by molar-refractivity contribution is 7.08. The van der Waals surface area contributed by atoms with Gasteiger partial charge in [-0.15, -0.1) is 0 Å². The van der Waals surface area contributed by atoms with Crippen LogP contribution < -0.4 is 5.32 Å². The number of hydrogen-bond donors (Lipinski definition) is 1. The van der Waals surface area contributed by atoms with Crippen molar-refractivity contribution >= 4 is 28.9 Å². The second-order valence-electron chi connectivity index (χ2n) is 5.61. The van der Waals surface area contributed by atoms with Crippen molar-refractivity contribution in [3.8, 4) is 11.4 Å². The van der Waals surface area contributed by atoms with Crippen LogP contribution in [0.5, 0.6) is 0 Å². The number of aromatic nitrogens is 2. The lowest BCUT2D eigenvalue weighted by Crippen LogP contribution is -2.16. The quantitative estimate of drug-likeness (QED) is 0.667. The minimum absolute atomic E-state index is 0.153. The van der Waals surface area contributed by atoms with Crippen molar-refractivity contribution in [1.82, 2.24) is 10.1 Å². The molecule has 8 heteroatoms. The van der Waals surface area contributed by atoms with Crippen LogP contribution in [0.2, 0.25) is 0 Å². The number of nitrogens with one attached hydrogen (secondary N) is 1. The number of hydrogen-bond acceptors (Lipinski definition) is 7. The molecule has 0 radical (unpaired) electrons. The summed E-state index contributed by atoms with van der Waals surface area (Å²) >= 11 is 1.55. The normalized spacial score (nSPS) is 10.5. The molecule has 0 aliphatic heterocycles. The summed E-state index contributed by atoms with van der Waals surface area (Å²) in [5.41, 5.74) is 2.52. The maximum Gasteiger partial charge on any atom is 0.339 e. The van der Waals surface area contributed by atoms with E-state index in [0.717, 1.165) is 11.1 Å². The Labute approximate surface area is 154 Å². The van der Waals surface area contributed by atoms with Crippen LogP contribution in [0.1, 0.15) is 28.2 Å². The zero-order chi connectivity index (χ0) is 18.5. The van der Waals surface area contributed by atoms with Gasteiger partial charge in [0, 0.05) is 23.8 Å². The molecule has 0 saturated heterocycles. The fourth-order valence-corrected chi connectivity index (χ4v) is 2.98. The summed E-state index contributed by atoms with van der Waals surface area (Å²) in [6, 6.07) is 7.07. The van der Waals surface area contributed by atoms with Gasteiger partial charge in [0.2, 0.25) is 17.6 Å². The Bertz CT molecular complexity index is 918. The van der Waals surface area contributed by atoms with Gasteiger partial charge >= 0.3 is 5.97 Å². The second kappa shape index (κ2) is 7.92. The number of ether oxygens (including phenoxy) is 1. The Morgan fingerprint density at radius 3 is 2.88 bits per heavy atom. The monoisotopic (exact) mass is 371 g/mol. The van der Waals surface area contributed by atoms with E-state index in [1.165, 1.54) is 7.11 Å². The van der Waals surface area contributed by atoms with Gasteiger partial charge in [-0.1, -0.05) is 16.8 Å². The second-order valence-corrected chi connectivity index (χ2v) is 6.39. The number of nitrogens with zero attached hydrogens (tertiary/aromatic N) is 2. The highest BCUT2D eigenvalue weighted by Gasteiger charge is 2.15. The van der Waals surface area contributed by atoms with Crippen LogP contribution >= 0.6 is 11.3 Å². The Morgan fingerprint density at radius 1 is 1.31 bits per heavy atom. The largest absolute Gasteiger partial charge is 0.465 e. The molecule has 1 aromatic carbocycles. The smallest absolute Gasteiger partial charge is 0.339 e. The van der Waals surface area contributed by atoms with Crippen LogP contribution in [0, 0.1) is 6.92 Å². The SMILES string of the molecule is COC(=O)c1cc(C)ccc1NC(=O)CCc1nc(-c2ccsc2)no1. The Kier molecular flexibility index (Phi) is 5.43. The van der Waals surface area contributed by atoms with Gasteiger partial charge < -0.3 is 14.6 Å². The fraction of sp³-hybridized carbons (Fsp3) is 0.222. The molecule has 0 aliphatic carbocycles. The predicted octanol–water partition coefficient (Wildman–Crippen LogP) is 3.46. The van der Waals surface area contributed by atoms with Crippen molar-refractivity contribution in [2.75, 3.05) is 12.4 Å². The summed E-state index contributed by atoms with van der Waals surface area (Å²) in [4.78, 5) is 28.4. The van der Waals surface area contributed by atoms with E-state index in [1.54, 1.807) is 23.5 Å². The van der Waals surface area contributed by atoms with Gasteiger partial charge in [-0.3, -0.25) is 4.79 Å². The first-order valence-electron chi connectivity index (χ1n) is 7.91. The van der Waals surface area contributed by atoms with Gasteiger partial charge in [0.15, 0.2) is 0 Å². The third kappa shape index (κ3) is 4.15. The molecule has 1 amide bonds. The van der Waals surface area contributed by atoms with Crippen molar-refractivity contribution in [2.45, 2.75) is 19.8 Å². The summed E-state index contributed by atoms with van der Waals surface area (Å²) in [6.07, 6.45) is 0.460. The third-order valence-electron chi connectivity index (χ3n) is 3.67. The molecule has 7 nitrogen and oxygen atoms in total. The summed E-state index contributed by atoms with van der Waals surface area (Å²) < 4.78 is 9.93. The number of rotatable bonds is 6. The Morgan fingerprint density at radius 2 is 2.15 bits per heavy atom. The van der Waals surface area contributed by atoms with Crippen LogP contribution in [0.4, 0.5) is 5.69 Å². The lowest BCUT2D eigenvalue weighted by atomic mass is 10.1. The number of methoxy groups -OCH3 is 1. The van der Waals surface area contributed by atoms with E-state index in [0.29, 0.717) is 29.4 Å². The molecule has 0 fully saturated rings. The molecule has 0 saturated carbocycles. The van der Waals surface area contributed by atoms with E-state index in [-0.39, 0.29) is 12.3 Å². The standard InChI is InChI=1S/C18H17N3O4S/c1-11-3-4-14(13(9-11)18(23)24-2)19-15(22)5-6-16-20-17(21-25-16)12-7-8-26-10-12/h3-4,7-10H,5-6H2,1-2H3,(H,19,22). The maximum absolute atomic E-state index is 12.2. The molecule has 134 valence electrons. The summed E-state index contributed by atoms with van der Waals surface area (Å²) in [5.74, 6) is 0.141. The highest BCUT2D eigenvalue weighted by atomic mass is 32.1. The predicted molar refractivity (Wildman–Crippen MR) is 97.1 cm³/mol. The molecule has 1 N–H and O–H groups in total. The van der Waals surface area contributed by atoms with Crippen LogP contribution in [-0.2, 0) is 16.0 Å². The molecule has 26 heavy (non-hydrogen) atoms. The molecular formula is C18H17N3O4S.